The minimum absolute atomic E-state index is 0.0633. The van der Waals surface area contributed by atoms with Crippen LogP contribution in [0.3, 0.4) is 0 Å². The maximum atomic E-state index is 14.1. The number of nitrogens with zero attached hydrogens (tertiary/aromatic N) is 1. The van der Waals surface area contributed by atoms with Gasteiger partial charge in [0, 0.05) is 18.3 Å². The Bertz CT molecular complexity index is 583. The van der Waals surface area contributed by atoms with Gasteiger partial charge < -0.3 is 19.9 Å². The second-order valence-electron chi connectivity index (χ2n) is 3.89. The fraction of sp³-hybridized carbons (Fsp3) is 0.214. The predicted molar refractivity (Wildman–Crippen MR) is 71.7 cm³/mol. The summed E-state index contributed by atoms with van der Waals surface area (Å²) in [6.07, 6.45) is 1.43. The second-order valence-corrected chi connectivity index (χ2v) is 3.89. The van der Waals surface area contributed by atoms with E-state index in [4.69, 9.17) is 19.9 Å². The van der Waals surface area contributed by atoms with Crippen molar-refractivity contribution in [1.29, 1.82) is 0 Å². The maximum Gasteiger partial charge on any atom is 0.256 e. The SMILES string of the molecule is COc1cccc(OC)c1Oc1nccc(CN)c1F. The van der Waals surface area contributed by atoms with Gasteiger partial charge in [0.1, 0.15) is 0 Å². The van der Waals surface area contributed by atoms with Gasteiger partial charge in [-0.25, -0.2) is 9.37 Å². The quantitative estimate of drug-likeness (QED) is 0.910. The zero-order chi connectivity index (χ0) is 14.5. The highest BCUT2D eigenvalue weighted by Gasteiger charge is 2.17. The third-order valence-electron chi connectivity index (χ3n) is 2.74. The van der Waals surface area contributed by atoms with Crippen molar-refractivity contribution in [2.24, 2.45) is 5.73 Å². The van der Waals surface area contributed by atoms with Crippen molar-refractivity contribution in [1.82, 2.24) is 4.98 Å². The lowest BCUT2D eigenvalue weighted by atomic mass is 10.2. The summed E-state index contributed by atoms with van der Waals surface area (Å²) in [5.41, 5.74) is 5.78. The molecule has 0 aliphatic carbocycles. The third-order valence-corrected chi connectivity index (χ3v) is 2.74. The molecule has 1 aromatic carbocycles. The van der Waals surface area contributed by atoms with Crippen LogP contribution in [0.1, 0.15) is 5.56 Å². The average Bonchev–Trinajstić information content (AvgIpc) is 2.49. The Kier molecular flexibility index (Phi) is 4.37. The first kappa shape index (κ1) is 14.1. The van der Waals surface area contributed by atoms with Gasteiger partial charge in [-0.1, -0.05) is 6.07 Å². The van der Waals surface area contributed by atoms with Gasteiger partial charge in [-0.3, -0.25) is 0 Å². The summed E-state index contributed by atoms with van der Waals surface area (Å²) >= 11 is 0. The predicted octanol–water partition coefficient (Wildman–Crippen LogP) is 2.49. The smallest absolute Gasteiger partial charge is 0.256 e. The summed E-state index contributed by atoms with van der Waals surface area (Å²) < 4.78 is 29.9. The van der Waals surface area contributed by atoms with E-state index in [1.54, 1.807) is 18.2 Å². The van der Waals surface area contributed by atoms with Crippen molar-refractivity contribution in [2.75, 3.05) is 14.2 Å². The molecule has 1 heterocycles. The highest BCUT2D eigenvalue weighted by Crippen LogP contribution is 2.40. The maximum absolute atomic E-state index is 14.1. The lowest BCUT2D eigenvalue weighted by Crippen LogP contribution is -2.03. The minimum Gasteiger partial charge on any atom is -0.493 e. The molecule has 1 aromatic heterocycles. The van der Waals surface area contributed by atoms with E-state index in [0.717, 1.165) is 0 Å². The van der Waals surface area contributed by atoms with Crippen molar-refractivity contribution >= 4 is 0 Å². The van der Waals surface area contributed by atoms with E-state index in [1.165, 1.54) is 26.5 Å². The number of methoxy groups -OCH3 is 2. The molecule has 0 aliphatic heterocycles. The molecule has 0 saturated carbocycles. The number of benzene rings is 1. The number of hydrogen-bond acceptors (Lipinski definition) is 5. The molecule has 0 spiro atoms. The number of rotatable bonds is 5. The van der Waals surface area contributed by atoms with Crippen LogP contribution in [-0.2, 0) is 6.54 Å². The standard InChI is InChI=1S/C14H15FN2O3/c1-18-10-4-3-5-11(19-2)13(10)20-14-12(15)9(8-16)6-7-17-14/h3-7H,8,16H2,1-2H3. The van der Waals surface area contributed by atoms with E-state index in [9.17, 15) is 4.39 Å². The monoisotopic (exact) mass is 278 g/mol. The fourth-order valence-electron chi connectivity index (χ4n) is 1.71. The van der Waals surface area contributed by atoms with Gasteiger partial charge in [0.25, 0.3) is 5.88 Å². The fourth-order valence-corrected chi connectivity index (χ4v) is 1.71. The van der Waals surface area contributed by atoms with Crippen LogP contribution in [0.25, 0.3) is 0 Å². The van der Waals surface area contributed by atoms with Gasteiger partial charge in [-0.05, 0) is 18.2 Å². The first-order valence-corrected chi connectivity index (χ1v) is 5.93. The molecule has 0 aliphatic rings. The Morgan fingerprint density at radius 1 is 1.15 bits per heavy atom. The van der Waals surface area contributed by atoms with Gasteiger partial charge >= 0.3 is 0 Å². The van der Waals surface area contributed by atoms with E-state index in [0.29, 0.717) is 17.1 Å². The molecule has 0 bridgehead atoms. The van der Waals surface area contributed by atoms with Crippen molar-refractivity contribution in [2.45, 2.75) is 6.54 Å². The number of nitrogens with two attached hydrogens (primary N) is 1. The normalized spacial score (nSPS) is 10.2. The van der Waals surface area contributed by atoms with Gasteiger partial charge in [0.05, 0.1) is 14.2 Å². The molecule has 0 amide bonds. The Balaban J connectivity index is 2.44. The van der Waals surface area contributed by atoms with Crippen LogP contribution in [0.4, 0.5) is 4.39 Å². The van der Waals surface area contributed by atoms with Crippen LogP contribution < -0.4 is 19.9 Å². The highest BCUT2D eigenvalue weighted by molar-refractivity contribution is 5.52. The molecular formula is C14H15FN2O3. The van der Waals surface area contributed by atoms with Crippen LogP contribution in [0.5, 0.6) is 23.1 Å². The number of pyridine rings is 1. The molecule has 0 radical (unpaired) electrons. The first-order chi connectivity index (χ1) is 9.71. The molecule has 2 aromatic rings. The van der Waals surface area contributed by atoms with Crippen molar-refractivity contribution in [3.8, 4) is 23.1 Å². The first-order valence-electron chi connectivity index (χ1n) is 5.93. The van der Waals surface area contributed by atoms with Crippen molar-refractivity contribution in [3.05, 3.63) is 41.8 Å². The topological polar surface area (TPSA) is 66.6 Å². The molecule has 6 heteroatoms. The molecule has 5 nitrogen and oxygen atoms in total. The Morgan fingerprint density at radius 3 is 2.35 bits per heavy atom. The molecule has 2 rings (SSSR count). The van der Waals surface area contributed by atoms with E-state index >= 15 is 0 Å². The zero-order valence-corrected chi connectivity index (χ0v) is 11.2. The molecule has 2 N–H and O–H groups in total. The van der Waals surface area contributed by atoms with Gasteiger partial charge in [-0.2, -0.15) is 0 Å². The van der Waals surface area contributed by atoms with Gasteiger partial charge in [-0.15, -0.1) is 0 Å². The van der Waals surface area contributed by atoms with Crippen LogP contribution in [0, 0.1) is 5.82 Å². The highest BCUT2D eigenvalue weighted by atomic mass is 19.1. The van der Waals surface area contributed by atoms with Crippen LogP contribution in [-0.4, -0.2) is 19.2 Å². The summed E-state index contributed by atoms with van der Waals surface area (Å²) in [6.45, 7) is 0.0633. The number of para-hydroxylation sites is 1. The molecular weight excluding hydrogens is 263 g/mol. The van der Waals surface area contributed by atoms with E-state index in [-0.39, 0.29) is 18.2 Å². The largest absolute Gasteiger partial charge is 0.493 e. The van der Waals surface area contributed by atoms with Crippen molar-refractivity contribution < 1.29 is 18.6 Å². The second kappa shape index (κ2) is 6.21. The molecule has 0 saturated heterocycles. The van der Waals surface area contributed by atoms with E-state index in [1.807, 2.05) is 0 Å². The summed E-state index contributed by atoms with van der Waals surface area (Å²) in [5, 5.41) is 0. The van der Waals surface area contributed by atoms with Crippen LogP contribution in [0.2, 0.25) is 0 Å². The molecule has 0 atom stereocenters. The minimum atomic E-state index is -0.594. The number of halogens is 1. The van der Waals surface area contributed by atoms with Crippen molar-refractivity contribution in [3.63, 3.8) is 0 Å². The number of ether oxygens (including phenoxy) is 3. The molecule has 0 unspecified atom stereocenters. The Morgan fingerprint density at radius 2 is 1.80 bits per heavy atom. The lowest BCUT2D eigenvalue weighted by molar-refractivity contribution is 0.333. The summed E-state index contributed by atoms with van der Waals surface area (Å²) in [6, 6.07) is 6.61. The molecule has 0 fully saturated rings. The third kappa shape index (κ3) is 2.65. The van der Waals surface area contributed by atoms with Gasteiger partial charge in [0.15, 0.2) is 17.3 Å². The number of aromatic nitrogens is 1. The Hall–Kier alpha value is -2.34. The summed E-state index contributed by atoms with van der Waals surface area (Å²) in [5.74, 6) is 0.337. The van der Waals surface area contributed by atoms with Crippen LogP contribution in [0.15, 0.2) is 30.5 Å². The molecule has 20 heavy (non-hydrogen) atoms. The van der Waals surface area contributed by atoms with E-state index in [2.05, 4.69) is 4.98 Å². The van der Waals surface area contributed by atoms with Crippen LogP contribution >= 0.6 is 0 Å². The zero-order valence-electron chi connectivity index (χ0n) is 11.2. The van der Waals surface area contributed by atoms with Gasteiger partial charge in [0.2, 0.25) is 5.75 Å². The van der Waals surface area contributed by atoms with E-state index < -0.39 is 5.82 Å². The summed E-state index contributed by atoms with van der Waals surface area (Å²) in [4.78, 5) is 3.87. The average molecular weight is 278 g/mol. The molecule has 106 valence electrons. The summed E-state index contributed by atoms with van der Waals surface area (Å²) in [7, 11) is 2.98. The Labute approximate surface area is 116 Å². The number of hydrogen-bond donors (Lipinski definition) is 1. The lowest BCUT2D eigenvalue weighted by Gasteiger charge is -2.14.